The molecule has 0 unspecified atom stereocenters. The average molecular weight is 639 g/mol. The number of fused-ring (bicyclic) bond motifs is 7. The molecule has 0 fully saturated rings. The maximum Gasteiger partial charge on any atom is 0.0542 e. The molecule has 0 spiro atoms. The second-order valence-electron chi connectivity index (χ2n) is 11.7. The molecule has 0 bridgehead atoms. The molecule has 0 N–H and O–H groups in total. The van der Waals surface area contributed by atoms with Gasteiger partial charge in [0.1, 0.15) is 0 Å². The van der Waals surface area contributed by atoms with Crippen LogP contribution in [0.1, 0.15) is 52.3 Å². The number of benzene rings is 6. The molecule has 0 aliphatic heterocycles. The Kier molecular flexibility index (Phi) is 10.3. The molecule has 1 aliphatic carbocycles. The van der Waals surface area contributed by atoms with Gasteiger partial charge < -0.3 is 9.13 Å². The van der Waals surface area contributed by atoms with Gasteiger partial charge in [-0.25, -0.2) is 0 Å². The first-order valence-electron chi connectivity index (χ1n) is 17.7. The van der Waals surface area contributed by atoms with Gasteiger partial charge in [0.05, 0.1) is 16.6 Å². The summed E-state index contributed by atoms with van der Waals surface area (Å²) >= 11 is 0. The molecular weight excluding hydrogens is 593 g/mol. The van der Waals surface area contributed by atoms with Crippen molar-refractivity contribution >= 4 is 49.6 Å². The molecule has 9 rings (SSSR count). The lowest BCUT2D eigenvalue weighted by atomic mass is 10.0. The second kappa shape index (κ2) is 15.1. The summed E-state index contributed by atoms with van der Waals surface area (Å²) < 4.78 is 4.91. The molecule has 6 aromatic carbocycles. The van der Waals surface area contributed by atoms with E-state index in [0.717, 1.165) is 12.8 Å². The van der Waals surface area contributed by atoms with E-state index < -0.39 is 0 Å². The number of hydrogen-bond acceptors (Lipinski definition) is 0. The number of para-hydroxylation sites is 2. The molecule has 2 heterocycles. The van der Waals surface area contributed by atoms with Gasteiger partial charge in [-0.1, -0.05) is 131 Å². The average Bonchev–Trinajstić information content (AvgIpc) is 3.69. The predicted octanol–water partition coefficient (Wildman–Crippen LogP) is 13.8. The standard InChI is InChI=1S/C40H28N2.C3H6.2C2H6/c1-2-11-28-24-30(21-20-27(28)10-1)29-12-9-13-31(25-29)41-39-19-8-5-16-35(39)36-26-32(22-23-40(36)41)42-37-17-6-3-14-33(37)34-15-4-7-18-38(34)42;1-3-2;2*1-2/h1-6,8-17,19-26H,7,18H2;3H,1H2,2H3;2*1-2H3. The van der Waals surface area contributed by atoms with Crippen molar-refractivity contribution < 1.29 is 0 Å². The van der Waals surface area contributed by atoms with E-state index in [9.17, 15) is 0 Å². The zero-order valence-corrected chi connectivity index (χ0v) is 29.4. The van der Waals surface area contributed by atoms with Crippen molar-refractivity contribution in [2.24, 2.45) is 0 Å². The maximum atomic E-state index is 3.36. The van der Waals surface area contributed by atoms with Crippen LogP contribution in [0, 0.1) is 0 Å². The Bertz CT molecular complexity index is 2410. The Morgan fingerprint density at radius 3 is 1.92 bits per heavy atom. The zero-order valence-electron chi connectivity index (χ0n) is 29.4. The van der Waals surface area contributed by atoms with Crippen LogP contribution in [-0.2, 0) is 6.42 Å². The Hall–Kier alpha value is -5.60. The molecular formula is C47H46N2. The van der Waals surface area contributed by atoms with Gasteiger partial charge >= 0.3 is 0 Å². The molecule has 8 aromatic rings. The van der Waals surface area contributed by atoms with Crippen LogP contribution in [0.3, 0.4) is 0 Å². The Balaban J connectivity index is 0.000000558. The highest BCUT2D eigenvalue weighted by Gasteiger charge is 2.20. The first-order valence-corrected chi connectivity index (χ1v) is 17.7. The van der Waals surface area contributed by atoms with Gasteiger partial charge in [-0.05, 0) is 90.2 Å². The lowest BCUT2D eigenvalue weighted by molar-refractivity contribution is 0.889. The fourth-order valence-corrected chi connectivity index (χ4v) is 7.04. The molecule has 0 radical (unpaired) electrons. The molecule has 0 amide bonds. The van der Waals surface area contributed by atoms with Crippen LogP contribution >= 0.6 is 0 Å². The Morgan fingerprint density at radius 2 is 1.14 bits per heavy atom. The minimum Gasteiger partial charge on any atom is -0.313 e. The molecule has 2 aromatic heterocycles. The molecule has 1 aliphatic rings. The van der Waals surface area contributed by atoms with Crippen molar-refractivity contribution in [3.05, 3.63) is 163 Å². The summed E-state index contributed by atoms with van der Waals surface area (Å²) in [5.41, 5.74) is 11.4. The van der Waals surface area contributed by atoms with Crippen LogP contribution in [0.4, 0.5) is 0 Å². The molecule has 2 heteroatoms. The van der Waals surface area contributed by atoms with Crippen LogP contribution in [0.5, 0.6) is 0 Å². The highest BCUT2D eigenvalue weighted by Crippen LogP contribution is 2.38. The summed E-state index contributed by atoms with van der Waals surface area (Å²) in [7, 11) is 0. The quantitative estimate of drug-likeness (QED) is 0.170. The van der Waals surface area contributed by atoms with Crippen molar-refractivity contribution in [2.75, 3.05) is 0 Å². The fourth-order valence-electron chi connectivity index (χ4n) is 7.04. The van der Waals surface area contributed by atoms with E-state index in [1.807, 2.05) is 34.6 Å². The monoisotopic (exact) mass is 638 g/mol. The Morgan fingerprint density at radius 1 is 0.531 bits per heavy atom. The Labute approximate surface area is 291 Å². The lowest BCUT2D eigenvalue weighted by Gasteiger charge is -2.14. The van der Waals surface area contributed by atoms with E-state index in [1.54, 1.807) is 6.08 Å². The van der Waals surface area contributed by atoms with Crippen LogP contribution in [-0.4, -0.2) is 9.13 Å². The maximum absolute atomic E-state index is 3.36. The van der Waals surface area contributed by atoms with E-state index >= 15 is 0 Å². The third kappa shape index (κ3) is 6.11. The third-order valence-electron chi connectivity index (χ3n) is 8.95. The van der Waals surface area contributed by atoms with Gasteiger partial charge in [0, 0.05) is 38.8 Å². The van der Waals surface area contributed by atoms with Crippen LogP contribution in [0.15, 0.2) is 152 Å². The summed E-state index contributed by atoms with van der Waals surface area (Å²) in [5, 5.41) is 6.41. The summed E-state index contributed by atoms with van der Waals surface area (Å²) in [6.45, 7) is 13.2. The zero-order chi connectivity index (χ0) is 34.3. The summed E-state index contributed by atoms with van der Waals surface area (Å²) in [5.74, 6) is 0. The number of hydrogen-bond donors (Lipinski definition) is 0. The van der Waals surface area contributed by atoms with Crippen molar-refractivity contribution in [1.82, 2.24) is 9.13 Å². The number of nitrogens with zero attached hydrogens (tertiary/aromatic N) is 2. The van der Waals surface area contributed by atoms with Gasteiger partial charge in [-0.2, -0.15) is 0 Å². The number of allylic oxidation sites excluding steroid dienone is 2. The van der Waals surface area contributed by atoms with Gasteiger partial charge in [-0.3, -0.25) is 0 Å². The van der Waals surface area contributed by atoms with Crippen molar-refractivity contribution in [2.45, 2.75) is 47.5 Å². The molecule has 49 heavy (non-hydrogen) atoms. The molecule has 0 saturated carbocycles. The summed E-state index contributed by atoms with van der Waals surface area (Å²) in [4.78, 5) is 0. The first kappa shape index (κ1) is 33.3. The SMILES string of the molecule is C1=Cc2c(n(-c3ccc4c(c3)c3ccccc3n4-c3cccc(-c4ccc5ccccc5c4)c3)c3ccccc23)CC1.C=CC.CC.CC. The number of aromatic nitrogens is 2. The first-order chi connectivity index (χ1) is 24.2. The highest BCUT2D eigenvalue weighted by atomic mass is 15.0. The third-order valence-corrected chi connectivity index (χ3v) is 8.95. The van der Waals surface area contributed by atoms with E-state index in [0.29, 0.717) is 0 Å². The van der Waals surface area contributed by atoms with E-state index in [1.165, 1.54) is 77.2 Å². The van der Waals surface area contributed by atoms with Crippen molar-refractivity contribution in [3.8, 4) is 22.5 Å². The van der Waals surface area contributed by atoms with Gasteiger partial charge in [0.25, 0.3) is 0 Å². The second-order valence-corrected chi connectivity index (χ2v) is 11.7. The van der Waals surface area contributed by atoms with Crippen LogP contribution in [0.25, 0.3) is 72.1 Å². The summed E-state index contributed by atoms with van der Waals surface area (Å²) in [6, 6.07) is 48.9. The molecule has 244 valence electrons. The van der Waals surface area contributed by atoms with Gasteiger partial charge in [-0.15, -0.1) is 6.58 Å². The normalized spacial score (nSPS) is 11.6. The fraction of sp³-hybridized carbons (Fsp3) is 0.149. The number of rotatable bonds is 3. The largest absolute Gasteiger partial charge is 0.313 e. The lowest BCUT2D eigenvalue weighted by Crippen LogP contribution is -2.03. The van der Waals surface area contributed by atoms with Crippen molar-refractivity contribution in [3.63, 3.8) is 0 Å². The minimum atomic E-state index is 1.06. The van der Waals surface area contributed by atoms with Gasteiger partial charge in [0.15, 0.2) is 0 Å². The highest BCUT2D eigenvalue weighted by molar-refractivity contribution is 6.10. The molecule has 2 nitrogen and oxygen atoms in total. The summed E-state index contributed by atoms with van der Waals surface area (Å²) in [6.07, 6.45) is 8.51. The van der Waals surface area contributed by atoms with Gasteiger partial charge in [0.2, 0.25) is 0 Å². The molecule has 0 saturated heterocycles. The predicted molar refractivity (Wildman–Crippen MR) is 216 cm³/mol. The van der Waals surface area contributed by atoms with Crippen molar-refractivity contribution in [1.29, 1.82) is 0 Å². The topological polar surface area (TPSA) is 9.86 Å². The van der Waals surface area contributed by atoms with E-state index in [-0.39, 0.29) is 0 Å². The smallest absolute Gasteiger partial charge is 0.0542 e. The molecule has 0 atom stereocenters. The van der Waals surface area contributed by atoms with E-state index in [2.05, 4.69) is 161 Å². The van der Waals surface area contributed by atoms with Crippen LogP contribution in [0.2, 0.25) is 0 Å². The van der Waals surface area contributed by atoms with E-state index in [4.69, 9.17) is 0 Å². The van der Waals surface area contributed by atoms with Crippen LogP contribution < -0.4 is 0 Å². The minimum absolute atomic E-state index is 1.06.